The fourth-order valence-electron chi connectivity index (χ4n) is 4.98. The monoisotopic (exact) mass is 630 g/mol. The van der Waals surface area contributed by atoms with E-state index in [0.717, 1.165) is 33.2 Å². The summed E-state index contributed by atoms with van der Waals surface area (Å²) in [6.07, 6.45) is -0.618. The van der Waals surface area contributed by atoms with Crippen LogP contribution >= 0.6 is 23.2 Å². The lowest BCUT2D eigenvalue weighted by atomic mass is 10.1. The van der Waals surface area contributed by atoms with E-state index in [9.17, 15) is 9.59 Å². The molecule has 0 saturated carbocycles. The summed E-state index contributed by atoms with van der Waals surface area (Å²) in [7, 11) is 0. The van der Waals surface area contributed by atoms with E-state index in [1.54, 1.807) is 31.2 Å². The Bertz CT molecular complexity index is 1700. The smallest absolute Gasteiger partial charge is 0.411 e. The number of pyridine rings is 1. The average molecular weight is 632 g/mol. The van der Waals surface area contributed by atoms with Gasteiger partial charge in [0.15, 0.2) is 0 Å². The van der Waals surface area contributed by atoms with Gasteiger partial charge >= 0.3 is 12.1 Å². The van der Waals surface area contributed by atoms with Gasteiger partial charge in [-0.25, -0.2) is 9.78 Å². The summed E-state index contributed by atoms with van der Waals surface area (Å²) in [5.41, 5.74) is 5.28. The summed E-state index contributed by atoms with van der Waals surface area (Å²) >= 11 is 11.9. The summed E-state index contributed by atoms with van der Waals surface area (Å²) in [6, 6.07) is 28.4. The maximum Gasteiger partial charge on any atom is 0.411 e. The number of aromatic nitrogens is 1. The Morgan fingerprint density at radius 3 is 2.05 bits per heavy atom. The van der Waals surface area contributed by atoms with Crippen molar-refractivity contribution in [3.63, 3.8) is 0 Å². The van der Waals surface area contributed by atoms with E-state index in [1.807, 2.05) is 66.7 Å². The number of carbonyl (C=O) groups excluding carboxylic acids is 2. The Labute approximate surface area is 265 Å². The van der Waals surface area contributed by atoms with E-state index < -0.39 is 12.1 Å². The third-order valence-corrected chi connectivity index (χ3v) is 7.20. The molecule has 0 saturated heterocycles. The summed E-state index contributed by atoms with van der Waals surface area (Å²) in [5.74, 6) is 0.920. The third-order valence-electron chi connectivity index (χ3n) is 6.86. The summed E-state index contributed by atoms with van der Waals surface area (Å²) in [6.45, 7) is 3.28. The zero-order valence-corrected chi connectivity index (χ0v) is 25.7. The van der Waals surface area contributed by atoms with Crippen LogP contribution in [0.15, 0.2) is 91.0 Å². The summed E-state index contributed by atoms with van der Waals surface area (Å²) < 4.78 is 10.7. The van der Waals surface area contributed by atoms with E-state index in [4.69, 9.17) is 37.7 Å². The van der Waals surface area contributed by atoms with Crippen molar-refractivity contribution < 1.29 is 19.1 Å². The lowest BCUT2D eigenvalue weighted by molar-refractivity contribution is -0.133. The average Bonchev–Trinajstić information content (AvgIpc) is 3.01. The molecule has 0 fully saturated rings. The highest BCUT2D eigenvalue weighted by Crippen LogP contribution is 2.34. The molecule has 1 heterocycles. The molecule has 0 unspecified atom stereocenters. The number of hydrogen-bond acceptors (Lipinski definition) is 7. The predicted octanol–water partition coefficient (Wildman–Crippen LogP) is 8.13. The fraction of sp³-hybridized carbons (Fsp3) is 0.206. The minimum absolute atomic E-state index is 0.0305. The first-order chi connectivity index (χ1) is 21.5. The zero-order valence-electron chi connectivity index (χ0n) is 24.2. The second-order valence-electron chi connectivity index (χ2n) is 9.92. The number of amides is 1. The second kappa shape index (κ2) is 14.8. The van der Waals surface area contributed by atoms with Gasteiger partial charge in [-0.2, -0.15) is 0 Å². The van der Waals surface area contributed by atoms with E-state index in [2.05, 4.69) is 15.5 Å². The van der Waals surface area contributed by atoms with Crippen LogP contribution < -0.4 is 20.3 Å². The Morgan fingerprint density at radius 2 is 1.43 bits per heavy atom. The van der Waals surface area contributed by atoms with Gasteiger partial charge in [0.2, 0.25) is 0 Å². The van der Waals surface area contributed by atoms with Gasteiger partial charge in [0.05, 0.1) is 29.7 Å². The van der Waals surface area contributed by atoms with E-state index >= 15 is 0 Å². The Balaban J connectivity index is 1.41. The number of ether oxygens (including phenoxy) is 2. The standard InChI is InChI=1S/C34H32Cl2N4O4/c1-2-43-34(42)38-25-20-23(21-32(41)44-27-13-11-26(12-14-27)40(17-15-35)18-16-36)19-24(22-25)37-33-28-7-3-5-9-30(28)39-31-10-6-4-8-29(31)33/h3-14,19-20,22H,2,15-18,21H2,1H3,(H,37,39)(H,38,42). The van der Waals surface area contributed by atoms with Crippen LogP contribution in [0, 0.1) is 0 Å². The van der Waals surface area contributed by atoms with Gasteiger partial charge < -0.3 is 19.7 Å². The number of esters is 1. The molecule has 5 rings (SSSR count). The van der Waals surface area contributed by atoms with Gasteiger partial charge in [0.1, 0.15) is 5.75 Å². The van der Waals surface area contributed by atoms with E-state index in [-0.39, 0.29) is 13.0 Å². The van der Waals surface area contributed by atoms with Gasteiger partial charge in [-0.05, 0) is 67.1 Å². The largest absolute Gasteiger partial charge is 0.450 e. The number of fused-ring (bicyclic) bond motifs is 2. The van der Waals surface area contributed by atoms with Gasteiger partial charge in [-0.15, -0.1) is 23.2 Å². The van der Waals surface area contributed by atoms with Crippen LogP contribution in [0.1, 0.15) is 12.5 Å². The van der Waals surface area contributed by atoms with Crippen molar-refractivity contribution in [2.24, 2.45) is 0 Å². The lowest BCUT2D eigenvalue weighted by Gasteiger charge is -2.22. The normalized spacial score (nSPS) is 10.9. The minimum Gasteiger partial charge on any atom is -0.450 e. The molecule has 0 bridgehead atoms. The summed E-state index contributed by atoms with van der Waals surface area (Å²) in [4.78, 5) is 32.2. The number of carbonyl (C=O) groups is 2. The Kier molecular flexibility index (Phi) is 10.4. The quantitative estimate of drug-likeness (QED) is 0.0622. The van der Waals surface area contributed by atoms with Crippen LogP contribution in [0.2, 0.25) is 0 Å². The zero-order chi connectivity index (χ0) is 30.9. The summed E-state index contributed by atoms with van der Waals surface area (Å²) in [5, 5.41) is 8.16. The van der Waals surface area contributed by atoms with E-state index in [1.165, 1.54) is 0 Å². The predicted molar refractivity (Wildman–Crippen MR) is 179 cm³/mol. The third kappa shape index (κ3) is 7.70. The van der Waals surface area contributed by atoms with Gasteiger partial charge in [0, 0.05) is 52.7 Å². The maximum absolute atomic E-state index is 13.1. The van der Waals surface area contributed by atoms with Crippen molar-refractivity contribution in [3.8, 4) is 5.75 Å². The van der Waals surface area contributed by atoms with Crippen molar-refractivity contribution in [1.82, 2.24) is 4.98 Å². The molecule has 0 atom stereocenters. The van der Waals surface area contributed by atoms with Crippen LogP contribution in [0.4, 0.5) is 27.5 Å². The van der Waals surface area contributed by atoms with Crippen molar-refractivity contribution in [2.75, 3.05) is 47.0 Å². The molecule has 0 radical (unpaired) electrons. The molecule has 226 valence electrons. The molecule has 10 heteroatoms. The first-order valence-electron chi connectivity index (χ1n) is 14.3. The Hall–Kier alpha value is -4.53. The molecule has 0 aliphatic rings. The van der Waals surface area contributed by atoms with Crippen LogP contribution in [-0.4, -0.2) is 48.5 Å². The SMILES string of the molecule is CCOC(=O)Nc1cc(CC(=O)Oc2ccc(N(CCCl)CCCl)cc2)cc(Nc2c3ccccc3nc3ccccc23)c1. The topological polar surface area (TPSA) is 92.8 Å². The van der Waals surface area contributed by atoms with E-state index in [0.29, 0.717) is 47.5 Å². The first kappa shape index (κ1) is 30.9. The minimum atomic E-state index is -0.588. The molecule has 0 aliphatic carbocycles. The van der Waals surface area contributed by atoms with Gasteiger partial charge in [0.25, 0.3) is 0 Å². The fourth-order valence-corrected chi connectivity index (χ4v) is 5.38. The number of anilines is 4. The van der Waals surface area contributed by atoms with Gasteiger partial charge in [-0.3, -0.25) is 10.1 Å². The highest BCUT2D eigenvalue weighted by molar-refractivity contribution is 6.18. The molecule has 0 spiro atoms. The number of para-hydroxylation sites is 2. The van der Waals surface area contributed by atoms with Gasteiger partial charge in [-0.1, -0.05) is 36.4 Å². The molecule has 8 nitrogen and oxygen atoms in total. The number of alkyl halides is 2. The highest BCUT2D eigenvalue weighted by atomic mass is 35.5. The molecule has 0 aliphatic heterocycles. The second-order valence-corrected chi connectivity index (χ2v) is 10.7. The molecule has 4 aromatic carbocycles. The van der Waals surface area contributed by atoms with Crippen LogP contribution in [0.5, 0.6) is 5.75 Å². The molecule has 2 N–H and O–H groups in total. The van der Waals surface area contributed by atoms with Crippen molar-refractivity contribution in [2.45, 2.75) is 13.3 Å². The van der Waals surface area contributed by atoms with Crippen LogP contribution in [0.25, 0.3) is 21.8 Å². The lowest BCUT2D eigenvalue weighted by Crippen LogP contribution is -2.27. The first-order valence-corrected chi connectivity index (χ1v) is 15.3. The number of nitrogens with zero attached hydrogens (tertiary/aromatic N) is 2. The number of nitrogens with one attached hydrogen (secondary N) is 2. The molecule has 44 heavy (non-hydrogen) atoms. The molecule has 1 aromatic heterocycles. The molecule has 1 amide bonds. The molecular weight excluding hydrogens is 599 g/mol. The van der Waals surface area contributed by atoms with Crippen molar-refractivity contribution in [1.29, 1.82) is 0 Å². The number of halogens is 2. The van der Waals surface area contributed by atoms with Crippen molar-refractivity contribution in [3.05, 3.63) is 96.6 Å². The molecular formula is C34H32Cl2N4O4. The highest BCUT2D eigenvalue weighted by Gasteiger charge is 2.14. The number of benzene rings is 4. The number of hydrogen-bond donors (Lipinski definition) is 2. The molecule has 5 aromatic rings. The van der Waals surface area contributed by atoms with Crippen molar-refractivity contribution >= 4 is 79.8 Å². The number of rotatable bonds is 12. The van der Waals surface area contributed by atoms with Crippen LogP contribution in [-0.2, 0) is 16.0 Å². The Morgan fingerprint density at radius 1 is 0.818 bits per heavy atom. The maximum atomic E-state index is 13.1. The van der Waals surface area contributed by atoms with Crippen LogP contribution in [0.3, 0.4) is 0 Å².